The molecule has 156 valence electrons. The lowest BCUT2D eigenvalue weighted by Crippen LogP contribution is -2.29. The SMILES string of the molecule is COC[C@H](C)Nc1ccc(NS(=O)(=O)N(C)C)c(Nc2ccc3n[nH]nc3c2)n1. The van der Waals surface area contributed by atoms with Gasteiger partial charge >= 0.3 is 10.2 Å². The van der Waals surface area contributed by atoms with Gasteiger partial charge in [-0.2, -0.15) is 28.1 Å². The molecule has 4 N–H and O–H groups in total. The maximum Gasteiger partial charge on any atom is 0.301 e. The Morgan fingerprint density at radius 3 is 2.66 bits per heavy atom. The average molecular weight is 420 g/mol. The first kappa shape index (κ1) is 20.8. The molecule has 2 heterocycles. The van der Waals surface area contributed by atoms with Gasteiger partial charge in [0.2, 0.25) is 0 Å². The van der Waals surface area contributed by atoms with E-state index in [9.17, 15) is 8.42 Å². The number of pyridine rings is 1. The van der Waals surface area contributed by atoms with Crippen molar-refractivity contribution in [3.05, 3.63) is 30.3 Å². The highest BCUT2D eigenvalue weighted by atomic mass is 32.2. The van der Waals surface area contributed by atoms with E-state index in [2.05, 4.69) is 35.8 Å². The lowest BCUT2D eigenvalue weighted by Gasteiger charge is -2.19. The van der Waals surface area contributed by atoms with Crippen molar-refractivity contribution in [2.45, 2.75) is 13.0 Å². The standard InChI is InChI=1S/C17H24N8O3S/c1-11(10-28-4)18-16-8-7-14(23-29(26,27)25(2)3)17(20-16)19-12-5-6-13-15(9-12)22-24-21-13/h5-9,11,23H,10H2,1-4H3,(H2,18,19,20)(H,21,22,24)/t11-/m0/s1. The molecule has 0 aliphatic rings. The molecule has 12 heteroatoms. The van der Waals surface area contributed by atoms with Crippen LogP contribution in [0, 0.1) is 0 Å². The van der Waals surface area contributed by atoms with Crippen LogP contribution in [0.2, 0.25) is 0 Å². The first-order valence-corrected chi connectivity index (χ1v) is 10.3. The Hall–Kier alpha value is -2.96. The molecule has 2 aromatic heterocycles. The van der Waals surface area contributed by atoms with Crippen LogP contribution < -0.4 is 15.4 Å². The average Bonchev–Trinajstić information content (AvgIpc) is 3.11. The van der Waals surface area contributed by atoms with Crippen molar-refractivity contribution in [1.82, 2.24) is 24.7 Å². The van der Waals surface area contributed by atoms with Gasteiger partial charge in [0.15, 0.2) is 5.82 Å². The molecule has 3 rings (SSSR count). The van der Waals surface area contributed by atoms with E-state index >= 15 is 0 Å². The van der Waals surface area contributed by atoms with E-state index in [-0.39, 0.29) is 6.04 Å². The molecule has 0 unspecified atom stereocenters. The minimum Gasteiger partial charge on any atom is -0.383 e. The second kappa shape index (κ2) is 8.59. The fraction of sp³-hybridized carbons (Fsp3) is 0.353. The lowest BCUT2D eigenvalue weighted by molar-refractivity contribution is 0.190. The van der Waals surface area contributed by atoms with Gasteiger partial charge in [0.1, 0.15) is 16.9 Å². The summed E-state index contributed by atoms with van der Waals surface area (Å²) in [5, 5.41) is 17.0. The lowest BCUT2D eigenvalue weighted by atomic mass is 10.2. The van der Waals surface area contributed by atoms with Crippen molar-refractivity contribution in [2.75, 3.05) is 43.2 Å². The number of aromatic amines is 1. The number of rotatable bonds is 9. The summed E-state index contributed by atoms with van der Waals surface area (Å²) in [5.41, 5.74) is 2.39. The van der Waals surface area contributed by atoms with Crippen LogP contribution in [0.3, 0.4) is 0 Å². The van der Waals surface area contributed by atoms with Crippen LogP contribution in [-0.4, -0.2) is 67.0 Å². The number of nitrogens with zero attached hydrogens (tertiary/aromatic N) is 4. The summed E-state index contributed by atoms with van der Waals surface area (Å²) in [6.07, 6.45) is 0. The van der Waals surface area contributed by atoms with E-state index in [1.54, 1.807) is 31.4 Å². The Labute approximate surface area is 169 Å². The molecule has 0 saturated heterocycles. The Balaban J connectivity index is 1.94. The van der Waals surface area contributed by atoms with Crippen LogP contribution >= 0.6 is 0 Å². The number of methoxy groups -OCH3 is 1. The normalized spacial score (nSPS) is 12.9. The number of aromatic nitrogens is 4. The van der Waals surface area contributed by atoms with Gasteiger partial charge in [-0.05, 0) is 37.3 Å². The zero-order valence-electron chi connectivity index (χ0n) is 16.6. The maximum atomic E-state index is 12.3. The molecule has 0 amide bonds. The Bertz CT molecular complexity index is 1080. The molecular formula is C17H24N8O3S. The number of ether oxygens (including phenoxy) is 1. The van der Waals surface area contributed by atoms with E-state index < -0.39 is 10.2 Å². The van der Waals surface area contributed by atoms with Gasteiger partial charge in [0.25, 0.3) is 0 Å². The molecule has 29 heavy (non-hydrogen) atoms. The largest absolute Gasteiger partial charge is 0.383 e. The monoisotopic (exact) mass is 420 g/mol. The second-order valence-electron chi connectivity index (χ2n) is 6.63. The van der Waals surface area contributed by atoms with Crippen molar-refractivity contribution in [1.29, 1.82) is 0 Å². The summed E-state index contributed by atoms with van der Waals surface area (Å²) in [6.45, 7) is 2.46. The van der Waals surface area contributed by atoms with Gasteiger partial charge in [-0.15, -0.1) is 0 Å². The number of nitrogens with one attached hydrogen (secondary N) is 4. The molecule has 1 aromatic carbocycles. The summed E-state index contributed by atoms with van der Waals surface area (Å²) in [5.74, 6) is 0.917. The highest BCUT2D eigenvalue weighted by Gasteiger charge is 2.17. The predicted molar refractivity (Wildman–Crippen MR) is 113 cm³/mol. The summed E-state index contributed by atoms with van der Waals surface area (Å²) < 4.78 is 33.3. The Kier molecular flexibility index (Phi) is 6.15. The Morgan fingerprint density at radius 2 is 1.93 bits per heavy atom. The fourth-order valence-corrected chi connectivity index (χ4v) is 3.17. The van der Waals surface area contributed by atoms with E-state index in [0.29, 0.717) is 35.1 Å². The summed E-state index contributed by atoms with van der Waals surface area (Å²) >= 11 is 0. The molecule has 0 fully saturated rings. The summed E-state index contributed by atoms with van der Waals surface area (Å²) in [6, 6.07) is 8.77. The molecule has 0 aliphatic carbocycles. The molecule has 0 bridgehead atoms. The van der Waals surface area contributed by atoms with Crippen molar-refractivity contribution in [3.63, 3.8) is 0 Å². The van der Waals surface area contributed by atoms with Gasteiger partial charge in [0.05, 0.1) is 12.3 Å². The molecule has 1 atom stereocenters. The van der Waals surface area contributed by atoms with Crippen LogP contribution in [0.25, 0.3) is 11.0 Å². The van der Waals surface area contributed by atoms with Gasteiger partial charge in [-0.1, -0.05) is 0 Å². The van der Waals surface area contributed by atoms with Gasteiger partial charge < -0.3 is 15.4 Å². The van der Waals surface area contributed by atoms with Gasteiger partial charge in [-0.25, -0.2) is 4.98 Å². The van der Waals surface area contributed by atoms with Crippen LogP contribution in [0.1, 0.15) is 6.92 Å². The third-order valence-electron chi connectivity index (χ3n) is 4.00. The van der Waals surface area contributed by atoms with Crippen molar-refractivity contribution >= 4 is 44.3 Å². The minimum atomic E-state index is -3.70. The van der Waals surface area contributed by atoms with E-state index in [0.717, 1.165) is 9.82 Å². The molecule has 3 aromatic rings. The number of H-pyrrole nitrogens is 1. The number of hydrogen-bond acceptors (Lipinski definition) is 8. The second-order valence-corrected chi connectivity index (χ2v) is 8.52. The highest BCUT2D eigenvalue weighted by Crippen LogP contribution is 2.28. The quantitative estimate of drug-likeness (QED) is 0.411. The molecule has 11 nitrogen and oxygen atoms in total. The van der Waals surface area contributed by atoms with E-state index in [1.807, 2.05) is 13.0 Å². The van der Waals surface area contributed by atoms with Crippen molar-refractivity contribution in [3.8, 4) is 0 Å². The molecule has 0 spiro atoms. The van der Waals surface area contributed by atoms with Crippen LogP contribution in [-0.2, 0) is 14.9 Å². The predicted octanol–water partition coefficient (Wildman–Crippen LogP) is 1.76. The number of fused-ring (bicyclic) bond motifs is 1. The smallest absolute Gasteiger partial charge is 0.301 e. The minimum absolute atomic E-state index is 0.0242. The number of hydrogen-bond donors (Lipinski definition) is 4. The maximum absolute atomic E-state index is 12.3. The van der Waals surface area contributed by atoms with E-state index in [1.165, 1.54) is 14.1 Å². The van der Waals surface area contributed by atoms with Crippen LogP contribution in [0.15, 0.2) is 30.3 Å². The molecular weight excluding hydrogens is 396 g/mol. The highest BCUT2D eigenvalue weighted by molar-refractivity contribution is 7.90. The summed E-state index contributed by atoms with van der Waals surface area (Å²) in [4.78, 5) is 4.53. The Morgan fingerprint density at radius 1 is 1.17 bits per heavy atom. The molecule has 0 saturated carbocycles. The number of benzene rings is 1. The van der Waals surface area contributed by atoms with Crippen LogP contribution in [0.5, 0.6) is 0 Å². The fourth-order valence-electron chi connectivity index (χ4n) is 2.55. The number of anilines is 4. The van der Waals surface area contributed by atoms with Gasteiger partial charge in [0, 0.05) is 32.9 Å². The zero-order valence-corrected chi connectivity index (χ0v) is 17.4. The van der Waals surface area contributed by atoms with Crippen molar-refractivity contribution < 1.29 is 13.2 Å². The topological polar surface area (TPSA) is 137 Å². The van der Waals surface area contributed by atoms with E-state index in [4.69, 9.17) is 4.74 Å². The molecule has 0 aliphatic heterocycles. The third-order valence-corrected chi connectivity index (χ3v) is 5.44. The van der Waals surface area contributed by atoms with Crippen LogP contribution in [0.4, 0.5) is 23.0 Å². The first-order valence-electron chi connectivity index (χ1n) is 8.83. The first-order chi connectivity index (χ1) is 13.8. The zero-order chi connectivity index (χ0) is 21.0. The van der Waals surface area contributed by atoms with Crippen molar-refractivity contribution in [2.24, 2.45) is 0 Å². The summed E-state index contributed by atoms with van der Waals surface area (Å²) in [7, 11) is 0.818. The van der Waals surface area contributed by atoms with Gasteiger partial charge in [-0.3, -0.25) is 4.72 Å². The molecule has 0 radical (unpaired) electrons. The third kappa shape index (κ3) is 5.10.